The van der Waals surface area contributed by atoms with Crippen LogP contribution in [0.2, 0.25) is 0 Å². The predicted molar refractivity (Wildman–Crippen MR) is 88.1 cm³/mol. The molecule has 2 saturated heterocycles. The molecule has 0 radical (unpaired) electrons. The van der Waals surface area contributed by atoms with Crippen LogP contribution < -0.4 is 0 Å². The number of sulfone groups is 1. The van der Waals surface area contributed by atoms with Crippen LogP contribution in [-0.4, -0.2) is 92.2 Å². The second kappa shape index (κ2) is 6.97. The minimum atomic E-state index is -3.43. The summed E-state index contributed by atoms with van der Waals surface area (Å²) in [4.78, 5) is 31.7. The van der Waals surface area contributed by atoms with Crippen LogP contribution in [0.15, 0.2) is 10.8 Å². The Labute approximate surface area is 151 Å². The smallest absolute Gasteiger partial charge is 0.291 e. The van der Waals surface area contributed by atoms with Crippen molar-refractivity contribution < 1.29 is 31.9 Å². The van der Waals surface area contributed by atoms with Gasteiger partial charge in [0.2, 0.25) is 17.5 Å². The number of hydrogen-bond acceptors (Lipinski definition) is 8. The summed E-state index contributed by atoms with van der Waals surface area (Å²) >= 11 is 0. The molecule has 0 bridgehead atoms. The van der Waals surface area contributed by atoms with Crippen molar-refractivity contribution in [2.75, 3.05) is 51.4 Å². The van der Waals surface area contributed by atoms with Crippen molar-refractivity contribution in [2.45, 2.75) is 12.7 Å². The Morgan fingerprint density at radius 2 is 1.81 bits per heavy atom. The van der Waals surface area contributed by atoms with Gasteiger partial charge in [-0.05, 0) is 6.92 Å². The first-order valence-electron chi connectivity index (χ1n) is 8.12. The molecule has 2 aliphatic rings. The second-order valence-corrected chi connectivity index (χ2v) is 8.63. The molecular formula is C15H21N3O7S. The van der Waals surface area contributed by atoms with Gasteiger partial charge >= 0.3 is 0 Å². The van der Waals surface area contributed by atoms with Gasteiger partial charge < -0.3 is 23.7 Å². The summed E-state index contributed by atoms with van der Waals surface area (Å²) < 4.78 is 39.4. The third kappa shape index (κ3) is 4.05. The SMILES string of the molecule is Cc1ncoc1C(=O)N1CCOC2(CN(C(=O)CS(C)(=O)=O)CCO2)C1. The van der Waals surface area contributed by atoms with Crippen LogP contribution in [0.5, 0.6) is 0 Å². The average molecular weight is 387 g/mol. The van der Waals surface area contributed by atoms with Gasteiger partial charge in [0, 0.05) is 19.3 Å². The molecule has 1 unspecified atom stereocenters. The Balaban J connectivity index is 1.72. The predicted octanol–water partition coefficient (Wildman–Crippen LogP) is -0.945. The molecule has 2 fully saturated rings. The van der Waals surface area contributed by atoms with Gasteiger partial charge in [0.15, 0.2) is 16.2 Å². The summed E-state index contributed by atoms with van der Waals surface area (Å²) in [5.41, 5.74) is 0.491. The number of ether oxygens (including phenoxy) is 2. The zero-order chi connectivity index (χ0) is 18.9. The Kier molecular flexibility index (Phi) is 5.04. The zero-order valence-corrected chi connectivity index (χ0v) is 15.5. The lowest BCUT2D eigenvalue weighted by molar-refractivity contribution is -0.284. The van der Waals surface area contributed by atoms with Crippen LogP contribution in [0.3, 0.4) is 0 Å². The first-order valence-corrected chi connectivity index (χ1v) is 10.2. The van der Waals surface area contributed by atoms with Gasteiger partial charge in [0.05, 0.1) is 32.0 Å². The van der Waals surface area contributed by atoms with Crippen LogP contribution in [-0.2, 0) is 24.1 Å². The molecule has 2 amide bonds. The fraction of sp³-hybridized carbons (Fsp3) is 0.667. The molecule has 1 aromatic rings. The maximum absolute atomic E-state index is 12.6. The molecular weight excluding hydrogens is 366 g/mol. The topological polar surface area (TPSA) is 119 Å². The summed E-state index contributed by atoms with van der Waals surface area (Å²) in [7, 11) is -3.43. The summed E-state index contributed by atoms with van der Waals surface area (Å²) in [6, 6.07) is 0. The van der Waals surface area contributed by atoms with Crippen LogP contribution >= 0.6 is 0 Å². The molecule has 2 aliphatic heterocycles. The number of aryl methyl sites for hydroxylation is 1. The maximum atomic E-state index is 12.6. The molecule has 0 aromatic carbocycles. The lowest BCUT2D eigenvalue weighted by Crippen LogP contribution is -2.64. The fourth-order valence-electron chi connectivity index (χ4n) is 3.05. The monoisotopic (exact) mass is 387 g/mol. The summed E-state index contributed by atoms with van der Waals surface area (Å²) in [5.74, 6) is -2.42. The fourth-order valence-corrected chi connectivity index (χ4v) is 3.68. The van der Waals surface area contributed by atoms with Crippen LogP contribution in [0.4, 0.5) is 0 Å². The van der Waals surface area contributed by atoms with Crippen molar-refractivity contribution in [3.05, 3.63) is 17.8 Å². The quantitative estimate of drug-likeness (QED) is 0.652. The summed E-state index contributed by atoms with van der Waals surface area (Å²) in [5, 5.41) is 0. The van der Waals surface area contributed by atoms with Crippen molar-refractivity contribution in [2.24, 2.45) is 0 Å². The van der Waals surface area contributed by atoms with E-state index in [9.17, 15) is 18.0 Å². The molecule has 10 nitrogen and oxygen atoms in total. The molecule has 11 heteroatoms. The first-order chi connectivity index (χ1) is 12.2. The Hall–Kier alpha value is -1.98. The molecule has 26 heavy (non-hydrogen) atoms. The number of aromatic nitrogens is 1. The number of rotatable bonds is 3. The lowest BCUT2D eigenvalue weighted by atomic mass is 10.1. The highest BCUT2D eigenvalue weighted by atomic mass is 32.2. The third-order valence-corrected chi connectivity index (χ3v) is 5.05. The van der Waals surface area contributed by atoms with E-state index >= 15 is 0 Å². The van der Waals surface area contributed by atoms with Crippen LogP contribution in [0.1, 0.15) is 16.2 Å². The van der Waals surface area contributed by atoms with E-state index in [1.807, 2.05) is 0 Å². The average Bonchev–Trinajstić information content (AvgIpc) is 2.99. The van der Waals surface area contributed by atoms with E-state index in [2.05, 4.69) is 4.98 Å². The minimum Gasteiger partial charge on any atom is -0.438 e. The second-order valence-electron chi connectivity index (χ2n) is 6.49. The van der Waals surface area contributed by atoms with E-state index in [1.54, 1.807) is 6.92 Å². The van der Waals surface area contributed by atoms with E-state index in [0.717, 1.165) is 6.26 Å². The van der Waals surface area contributed by atoms with E-state index in [1.165, 1.54) is 16.2 Å². The van der Waals surface area contributed by atoms with Crippen LogP contribution in [0.25, 0.3) is 0 Å². The van der Waals surface area contributed by atoms with Crippen molar-refractivity contribution in [3.8, 4) is 0 Å². The van der Waals surface area contributed by atoms with E-state index in [0.29, 0.717) is 12.2 Å². The van der Waals surface area contributed by atoms with E-state index in [-0.39, 0.29) is 44.5 Å². The molecule has 0 aliphatic carbocycles. The van der Waals surface area contributed by atoms with Crippen molar-refractivity contribution in [1.29, 1.82) is 0 Å². The number of amides is 2. The number of oxazole rings is 1. The third-order valence-electron chi connectivity index (χ3n) is 4.28. The summed E-state index contributed by atoms with van der Waals surface area (Å²) in [6.45, 7) is 2.88. The Morgan fingerprint density at radius 1 is 1.19 bits per heavy atom. The largest absolute Gasteiger partial charge is 0.438 e. The van der Waals surface area contributed by atoms with E-state index in [4.69, 9.17) is 13.9 Å². The van der Waals surface area contributed by atoms with Gasteiger partial charge in [-0.25, -0.2) is 13.4 Å². The van der Waals surface area contributed by atoms with Gasteiger partial charge in [-0.1, -0.05) is 0 Å². The van der Waals surface area contributed by atoms with Gasteiger partial charge in [0.25, 0.3) is 5.91 Å². The Morgan fingerprint density at radius 3 is 2.38 bits per heavy atom. The minimum absolute atomic E-state index is 0.0561. The standard InChI is InChI=1S/C15H21N3O7S/c1-11-13(23-10-16-11)14(20)18-4-6-25-15(9-18)8-17(3-5-24-15)12(19)7-26(2,21)22/h10H,3-9H2,1-2H3. The number of carbonyl (C=O) groups is 2. The molecule has 3 heterocycles. The molecule has 0 N–H and O–H groups in total. The van der Waals surface area contributed by atoms with Gasteiger partial charge in [0.1, 0.15) is 5.75 Å². The lowest BCUT2D eigenvalue weighted by Gasteiger charge is -2.47. The molecule has 1 aromatic heterocycles. The highest BCUT2D eigenvalue weighted by Crippen LogP contribution is 2.26. The van der Waals surface area contributed by atoms with E-state index < -0.39 is 27.3 Å². The molecule has 0 saturated carbocycles. The van der Waals surface area contributed by atoms with Gasteiger partial charge in [-0.3, -0.25) is 9.59 Å². The van der Waals surface area contributed by atoms with Gasteiger partial charge in [-0.2, -0.15) is 0 Å². The molecule has 3 rings (SSSR count). The number of carbonyl (C=O) groups excluding carboxylic acids is 2. The highest BCUT2D eigenvalue weighted by molar-refractivity contribution is 7.91. The normalized spacial score (nSPS) is 24.1. The highest BCUT2D eigenvalue weighted by Gasteiger charge is 2.45. The molecule has 144 valence electrons. The van der Waals surface area contributed by atoms with Gasteiger partial charge in [-0.15, -0.1) is 0 Å². The Bertz CT molecular complexity index is 802. The number of hydrogen-bond donors (Lipinski definition) is 0. The maximum Gasteiger partial charge on any atom is 0.291 e. The zero-order valence-electron chi connectivity index (χ0n) is 14.6. The molecule has 1 spiro atoms. The van der Waals surface area contributed by atoms with Crippen LogP contribution in [0, 0.1) is 6.92 Å². The van der Waals surface area contributed by atoms with Crippen molar-refractivity contribution in [3.63, 3.8) is 0 Å². The van der Waals surface area contributed by atoms with Crippen molar-refractivity contribution >= 4 is 21.7 Å². The molecule has 1 atom stereocenters. The number of morpholine rings is 2. The first kappa shape index (κ1) is 18.8. The van der Waals surface area contributed by atoms with Crippen molar-refractivity contribution in [1.82, 2.24) is 14.8 Å². The number of nitrogens with zero attached hydrogens (tertiary/aromatic N) is 3. The summed E-state index contributed by atoms with van der Waals surface area (Å²) in [6.07, 6.45) is 2.22.